The van der Waals surface area contributed by atoms with Crippen molar-refractivity contribution in [2.75, 3.05) is 18.7 Å². The van der Waals surface area contributed by atoms with Gasteiger partial charge in [0.1, 0.15) is 0 Å². The Morgan fingerprint density at radius 3 is 2.74 bits per heavy atom. The molecular formula is C25H22N2O6S. The van der Waals surface area contributed by atoms with Gasteiger partial charge in [-0.05, 0) is 57.2 Å². The average Bonchev–Trinajstić information content (AvgIpc) is 3.40. The highest BCUT2D eigenvalue weighted by atomic mass is 32.2. The van der Waals surface area contributed by atoms with Gasteiger partial charge in [0, 0.05) is 33.6 Å². The first-order chi connectivity index (χ1) is 16.3. The van der Waals surface area contributed by atoms with Crippen LogP contribution in [0.25, 0.3) is 5.69 Å². The van der Waals surface area contributed by atoms with Crippen LogP contribution in [0.4, 0.5) is 5.69 Å². The van der Waals surface area contributed by atoms with Crippen molar-refractivity contribution in [2.24, 2.45) is 0 Å². The van der Waals surface area contributed by atoms with E-state index in [0.29, 0.717) is 22.7 Å². The predicted molar refractivity (Wildman–Crippen MR) is 126 cm³/mol. The number of benzene rings is 2. The highest BCUT2D eigenvalue weighted by molar-refractivity contribution is 8.00. The number of fused-ring (bicyclic) bond motifs is 2. The summed E-state index contributed by atoms with van der Waals surface area (Å²) in [5.74, 6) is 0.295. The van der Waals surface area contributed by atoms with Crippen LogP contribution in [0, 0.1) is 13.8 Å². The van der Waals surface area contributed by atoms with Gasteiger partial charge in [0.2, 0.25) is 18.5 Å². The molecule has 9 heteroatoms. The fraction of sp³-hybridized carbons (Fsp3) is 0.240. The summed E-state index contributed by atoms with van der Waals surface area (Å²) in [7, 11) is 0. The highest BCUT2D eigenvalue weighted by Crippen LogP contribution is 2.36. The molecule has 0 fully saturated rings. The van der Waals surface area contributed by atoms with Crippen molar-refractivity contribution in [2.45, 2.75) is 30.9 Å². The van der Waals surface area contributed by atoms with Crippen molar-refractivity contribution in [3.05, 3.63) is 65.0 Å². The molecule has 1 aromatic heterocycles. The van der Waals surface area contributed by atoms with Crippen molar-refractivity contribution >= 4 is 35.1 Å². The van der Waals surface area contributed by atoms with Crippen LogP contribution < -0.4 is 14.8 Å². The first-order valence-electron chi connectivity index (χ1n) is 10.7. The van der Waals surface area contributed by atoms with Crippen LogP contribution in [0.1, 0.15) is 39.0 Å². The second-order valence-electron chi connectivity index (χ2n) is 8.12. The smallest absolute Gasteiger partial charge is 0.338 e. The van der Waals surface area contributed by atoms with Crippen LogP contribution >= 0.6 is 11.8 Å². The molecule has 3 aromatic rings. The zero-order valence-corrected chi connectivity index (χ0v) is 19.7. The Morgan fingerprint density at radius 2 is 1.91 bits per heavy atom. The lowest BCUT2D eigenvalue weighted by molar-refractivity contribution is -0.115. The quantitative estimate of drug-likeness (QED) is 0.432. The summed E-state index contributed by atoms with van der Waals surface area (Å²) in [4.78, 5) is 38.3. The van der Waals surface area contributed by atoms with Crippen LogP contribution in [0.15, 0.2) is 47.4 Å². The third-order valence-corrected chi connectivity index (χ3v) is 7.00. The van der Waals surface area contributed by atoms with Gasteiger partial charge in [0.05, 0.1) is 16.5 Å². The number of aryl methyl sites for hydroxylation is 1. The maximum absolute atomic E-state index is 12.9. The van der Waals surface area contributed by atoms with Crippen LogP contribution in [0.2, 0.25) is 0 Å². The average molecular weight is 479 g/mol. The summed E-state index contributed by atoms with van der Waals surface area (Å²) in [5, 5.41) is 2.59. The standard InChI is InChI=1S/C25H22N2O6S/c1-13-8-18(14(2)27(13)17-5-6-21-22(10-17)33-12-32-21)20(28)11-31-25(30)16-4-7-23-19(9-16)26-24(29)15(3)34-23/h4-10,15H,11-12H2,1-3H3,(H,26,29). The van der Waals surface area contributed by atoms with Crippen LogP contribution in [-0.2, 0) is 9.53 Å². The first-order valence-corrected chi connectivity index (χ1v) is 11.6. The van der Waals surface area contributed by atoms with Gasteiger partial charge >= 0.3 is 5.97 Å². The number of carbonyl (C=O) groups excluding carboxylic acids is 3. The third kappa shape index (κ3) is 3.92. The lowest BCUT2D eigenvalue weighted by atomic mass is 10.1. The maximum atomic E-state index is 12.9. The molecular weight excluding hydrogens is 456 g/mol. The minimum atomic E-state index is -0.626. The SMILES string of the molecule is Cc1cc(C(=O)COC(=O)c2ccc3c(c2)NC(=O)C(C)S3)c(C)n1-c1ccc2c(c1)OCO2. The lowest BCUT2D eigenvalue weighted by Crippen LogP contribution is -2.26. The number of anilines is 1. The van der Waals surface area contributed by atoms with E-state index in [1.165, 1.54) is 11.8 Å². The van der Waals surface area contributed by atoms with E-state index in [2.05, 4.69) is 5.32 Å². The molecule has 0 saturated heterocycles. The van der Waals surface area contributed by atoms with Gasteiger partial charge < -0.3 is 24.1 Å². The van der Waals surface area contributed by atoms with E-state index < -0.39 is 5.97 Å². The topological polar surface area (TPSA) is 95.9 Å². The molecule has 1 N–H and O–H groups in total. The number of nitrogens with one attached hydrogen (secondary N) is 1. The molecule has 34 heavy (non-hydrogen) atoms. The molecule has 2 aromatic carbocycles. The van der Waals surface area contributed by atoms with Crippen molar-refractivity contribution in [3.63, 3.8) is 0 Å². The van der Waals surface area contributed by atoms with E-state index in [1.54, 1.807) is 24.3 Å². The Balaban J connectivity index is 1.30. The molecule has 0 saturated carbocycles. The number of esters is 1. The molecule has 0 bridgehead atoms. The van der Waals surface area contributed by atoms with Crippen molar-refractivity contribution in [1.82, 2.24) is 4.57 Å². The molecule has 1 atom stereocenters. The monoisotopic (exact) mass is 478 g/mol. The van der Waals surface area contributed by atoms with Crippen molar-refractivity contribution in [1.29, 1.82) is 0 Å². The lowest BCUT2D eigenvalue weighted by Gasteiger charge is -2.21. The fourth-order valence-electron chi connectivity index (χ4n) is 4.09. The maximum Gasteiger partial charge on any atom is 0.338 e. The van der Waals surface area contributed by atoms with Crippen molar-refractivity contribution < 1.29 is 28.6 Å². The second kappa shape index (κ2) is 8.57. The number of ketones is 1. The number of hydrogen-bond acceptors (Lipinski definition) is 7. The van der Waals surface area contributed by atoms with E-state index >= 15 is 0 Å². The number of hydrogen-bond donors (Lipinski definition) is 1. The summed E-state index contributed by atoms with van der Waals surface area (Å²) in [5.41, 5.74) is 3.77. The van der Waals surface area contributed by atoms with Gasteiger partial charge in [-0.3, -0.25) is 9.59 Å². The molecule has 2 aliphatic heterocycles. The summed E-state index contributed by atoms with van der Waals surface area (Å²) in [6, 6.07) is 12.4. The number of aromatic nitrogens is 1. The molecule has 2 aliphatic rings. The van der Waals surface area contributed by atoms with Gasteiger partial charge in [-0.15, -0.1) is 11.8 Å². The number of ether oxygens (including phenoxy) is 3. The molecule has 5 rings (SSSR count). The Bertz CT molecular complexity index is 1350. The van der Waals surface area contributed by atoms with Gasteiger partial charge in [-0.1, -0.05) is 0 Å². The van der Waals surface area contributed by atoms with Crippen LogP contribution in [-0.4, -0.2) is 40.9 Å². The molecule has 0 spiro atoms. The van der Waals surface area contributed by atoms with Crippen molar-refractivity contribution in [3.8, 4) is 17.2 Å². The van der Waals surface area contributed by atoms with E-state index in [4.69, 9.17) is 14.2 Å². The van der Waals surface area contributed by atoms with E-state index in [1.807, 2.05) is 43.5 Å². The predicted octanol–water partition coefficient (Wildman–Crippen LogP) is 4.30. The second-order valence-corrected chi connectivity index (χ2v) is 9.50. The third-order valence-electron chi connectivity index (χ3n) is 5.83. The summed E-state index contributed by atoms with van der Waals surface area (Å²) >= 11 is 1.43. The number of carbonyl (C=O) groups is 3. The number of thioether (sulfide) groups is 1. The summed E-state index contributed by atoms with van der Waals surface area (Å²) in [6.45, 7) is 5.37. The molecule has 3 heterocycles. The van der Waals surface area contributed by atoms with Gasteiger partial charge in [0.25, 0.3) is 0 Å². The fourth-order valence-corrected chi connectivity index (χ4v) is 5.03. The number of rotatable bonds is 5. The first kappa shape index (κ1) is 22.1. The minimum Gasteiger partial charge on any atom is -0.454 e. The zero-order chi connectivity index (χ0) is 24.0. The Hall–Kier alpha value is -3.72. The van der Waals surface area contributed by atoms with Crippen LogP contribution in [0.5, 0.6) is 11.5 Å². The zero-order valence-electron chi connectivity index (χ0n) is 18.8. The largest absolute Gasteiger partial charge is 0.454 e. The van der Waals surface area contributed by atoms with Gasteiger partial charge in [-0.2, -0.15) is 0 Å². The normalized spacial score (nSPS) is 16.1. The number of amides is 1. The molecule has 174 valence electrons. The highest BCUT2D eigenvalue weighted by Gasteiger charge is 2.25. The van der Waals surface area contributed by atoms with Gasteiger partial charge in [-0.25, -0.2) is 4.79 Å². The minimum absolute atomic E-state index is 0.115. The van der Waals surface area contributed by atoms with Gasteiger partial charge in [0.15, 0.2) is 18.1 Å². The van der Waals surface area contributed by atoms with E-state index in [-0.39, 0.29) is 35.9 Å². The molecule has 1 unspecified atom stereocenters. The Kier molecular flexibility index (Phi) is 5.57. The molecule has 0 radical (unpaired) electrons. The summed E-state index contributed by atoms with van der Waals surface area (Å²) < 4.78 is 18.1. The van der Waals surface area contributed by atoms with E-state index in [9.17, 15) is 14.4 Å². The van der Waals surface area contributed by atoms with E-state index in [0.717, 1.165) is 22.0 Å². The molecule has 1 amide bonds. The number of Topliss-reactive ketones (excluding diaryl/α,β-unsaturated/α-hetero) is 1. The Labute approximate surface area is 200 Å². The molecule has 8 nitrogen and oxygen atoms in total. The molecule has 0 aliphatic carbocycles. The summed E-state index contributed by atoms with van der Waals surface area (Å²) in [6.07, 6.45) is 0. The van der Waals surface area contributed by atoms with Crippen LogP contribution in [0.3, 0.4) is 0 Å². The Morgan fingerprint density at radius 1 is 1.12 bits per heavy atom. The number of nitrogens with zero attached hydrogens (tertiary/aromatic N) is 1.